The molecule has 0 spiro atoms. The molecular weight excluding hydrogens is 252 g/mol. The van der Waals surface area contributed by atoms with E-state index in [9.17, 15) is 4.79 Å². The maximum absolute atomic E-state index is 11.7. The number of carbonyl (C=O) groups excluding carboxylic acids is 1. The zero-order valence-corrected chi connectivity index (χ0v) is 14.7. The zero-order chi connectivity index (χ0) is 16.1. The molecule has 1 saturated heterocycles. The fraction of sp³-hybridized carbons (Fsp3) is 0.875. The highest BCUT2D eigenvalue weighted by molar-refractivity contribution is 5.85. The molecule has 1 unspecified atom stereocenters. The van der Waals surface area contributed by atoms with Crippen LogP contribution >= 0.6 is 0 Å². The lowest BCUT2D eigenvalue weighted by Gasteiger charge is -2.22. The van der Waals surface area contributed by atoms with Crippen LogP contribution in [0.5, 0.6) is 0 Å². The first-order valence-corrected chi connectivity index (χ1v) is 7.75. The van der Waals surface area contributed by atoms with Crippen molar-refractivity contribution >= 4 is 11.6 Å². The van der Waals surface area contributed by atoms with Crippen LogP contribution in [0.4, 0.5) is 0 Å². The van der Waals surface area contributed by atoms with Gasteiger partial charge in [0, 0.05) is 11.8 Å². The van der Waals surface area contributed by atoms with Crippen molar-refractivity contribution in [3.63, 3.8) is 0 Å². The predicted molar refractivity (Wildman–Crippen MR) is 83.7 cm³/mol. The maximum Gasteiger partial charge on any atom is 0.295 e. The first kappa shape index (κ1) is 19.1. The van der Waals surface area contributed by atoms with Crippen molar-refractivity contribution < 1.29 is 14.2 Å². The monoisotopic (exact) mass is 285 g/mol. The van der Waals surface area contributed by atoms with E-state index in [-0.39, 0.29) is 17.7 Å². The molecule has 1 atom stereocenters. The van der Waals surface area contributed by atoms with Gasteiger partial charge in [-0.3, -0.25) is 4.79 Å². The summed E-state index contributed by atoms with van der Waals surface area (Å²) in [5.41, 5.74) is 3.88. The van der Waals surface area contributed by atoms with Gasteiger partial charge in [-0.15, -0.1) is 5.43 Å². The summed E-state index contributed by atoms with van der Waals surface area (Å²) in [5, 5.41) is 0. The quantitative estimate of drug-likeness (QED) is 0.808. The van der Waals surface area contributed by atoms with Gasteiger partial charge >= 0.3 is 0 Å². The SMILES string of the molecule is CC.CC(C)C(C(C)C)=[N+]1NC(=O)CC1OC(C)(C)C. The van der Waals surface area contributed by atoms with Crippen LogP contribution < -0.4 is 5.43 Å². The zero-order valence-electron chi connectivity index (χ0n) is 14.7. The van der Waals surface area contributed by atoms with E-state index in [1.54, 1.807) is 0 Å². The second-order valence-corrected chi connectivity index (χ2v) is 6.53. The Kier molecular flexibility index (Phi) is 7.42. The Morgan fingerprint density at radius 1 is 1.20 bits per heavy atom. The lowest BCUT2D eigenvalue weighted by molar-refractivity contribution is -0.644. The summed E-state index contributed by atoms with van der Waals surface area (Å²) in [4.78, 5) is 11.7. The number of rotatable bonds is 3. The van der Waals surface area contributed by atoms with Gasteiger partial charge in [0.15, 0.2) is 5.71 Å². The molecule has 1 rings (SSSR count). The standard InChI is InChI=1S/C14H26N2O2.C2H6/c1-9(2)13(10(3)4)16-12(8-11(17)15-16)18-14(5,6)7;1-2/h9-10,12H,8H2,1-7H3;1-2H3/p+1. The van der Waals surface area contributed by atoms with Crippen LogP contribution in [0.15, 0.2) is 0 Å². The number of hydrazine groups is 1. The largest absolute Gasteiger partial charge is 0.313 e. The minimum Gasteiger partial charge on any atom is -0.313 e. The molecule has 20 heavy (non-hydrogen) atoms. The van der Waals surface area contributed by atoms with Gasteiger partial charge in [0.1, 0.15) is 6.42 Å². The minimum absolute atomic E-state index is 0.0306. The topological polar surface area (TPSA) is 41.3 Å². The van der Waals surface area contributed by atoms with E-state index in [0.29, 0.717) is 18.3 Å². The third kappa shape index (κ3) is 5.61. The Balaban J connectivity index is 0.00000172. The molecule has 4 heteroatoms. The molecule has 1 fully saturated rings. The number of hydrogen-bond donors (Lipinski definition) is 1. The molecule has 1 aliphatic heterocycles. The summed E-state index contributed by atoms with van der Waals surface area (Å²) in [7, 11) is 0. The van der Waals surface area contributed by atoms with E-state index in [4.69, 9.17) is 4.74 Å². The molecule has 0 radical (unpaired) electrons. The van der Waals surface area contributed by atoms with Gasteiger partial charge in [-0.1, -0.05) is 46.2 Å². The molecule has 0 aliphatic carbocycles. The van der Waals surface area contributed by atoms with Crippen LogP contribution in [0, 0.1) is 11.8 Å². The number of hydrazone groups is 1. The second kappa shape index (κ2) is 7.77. The van der Waals surface area contributed by atoms with E-state index >= 15 is 0 Å². The second-order valence-electron chi connectivity index (χ2n) is 6.53. The normalized spacial score (nSPS) is 19.1. The van der Waals surface area contributed by atoms with Crippen molar-refractivity contribution in [1.82, 2.24) is 5.43 Å². The fourth-order valence-electron chi connectivity index (χ4n) is 2.46. The summed E-state index contributed by atoms with van der Waals surface area (Å²) >= 11 is 0. The highest BCUT2D eigenvalue weighted by atomic mass is 16.5. The number of nitrogens with one attached hydrogen (secondary N) is 1. The van der Waals surface area contributed by atoms with Gasteiger partial charge in [0.2, 0.25) is 0 Å². The van der Waals surface area contributed by atoms with Crippen molar-refractivity contribution in [1.29, 1.82) is 0 Å². The van der Waals surface area contributed by atoms with E-state index in [1.807, 2.05) is 39.3 Å². The van der Waals surface area contributed by atoms with Gasteiger partial charge in [-0.2, -0.15) is 0 Å². The molecule has 1 heterocycles. The van der Waals surface area contributed by atoms with Crippen molar-refractivity contribution in [2.45, 2.75) is 80.6 Å². The van der Waals surface area contributed by atoms with Crippen LogP contribution in [0.3, 0.4) is 0 Å². The third-order valence-corrected chi connectivity index (χ3v) is 2.84. The van der Waals surface area contributed by atoms with Crippen LogP contribution in [-0.2, 0) is 9.53 Å². The number of nitrogens with zero attached hydrogens (tertiary/aromatic N) is 1. The Hall–Kier alpha value is -0.900. The van der Waals surface area contributed by atoms with Crippen molar-refractivity contribution in [3.8, 4) is 0 Å². The fourth-order valence-corrected chi connectivity index (χ4v) is 2.46. The average molecular weight is 285 g/mol. The smallest absolute Gasteiger partial charge is 0.295 e. The first-order chi connectivity index (χ1) is 9.11. The predicted octanol–water partition coefficient (Wildman–Crippen LogP) is 3.35. The highest BCUT2D eigenvalue weighted by Crippen LogP contribution is 2.19. The first-order valence-electron chi connectivity index (χ1n) is 7.75. The lowest BCUT2D eigenvalue weighted by atomic mass is 9.97. The number of amides is 1. The minimum atomic E-state index is -0.256. The van der Waals surface area contributed by atoms with Crippen LogP contribution in [0.2, 0.25) is 0 Å². The van der Waals surface area contributed by atoms with Gasteiger partial charge in [0.25, 0.3) is 12.1 Å². The average Bonchev–Trinajstić information content (AvgIpc) is 2.58. The van der Waals surface area contributed by atoms with Crippen molar-refractivity contribution in [2.24, 2.45) is 11.8 Å². The maximum atomic E-state index is 11.7. The van der Waals surface area contributed by atoms with E-state index in [2.05, 4.69) is 33.1 Å². The molecule has 4 nitrogen and oxygen atoms in total. The molecular formula is C16H33N2O2+. The van der Waals surface area contributed by atoms with E-state index < -0.39 is 0 Å². The molecule has 0 saturated carbocycles. The van der Waals surface area contributed by atoms with Crippen LogP contribution in [0.25, 0.3) is 0 Å². The molecule has 0 aromatic carbocycles. The summed E-state index contributed by atoms with van der Waals surface area (Å²) in [5.74, 6) is 0.798. The summed E-state index contributed by atoms with van der Waals surface area (Å²) in [6.45, 7) is 18.6. The van der Waals surface area contributed by atoms with Crippen LogP contribution in [0.1, 0.15) is 68.7 Å². The number of hydrogen-bond acceptors (Lipinski definition) is 2. The molecule has 1 aliphatic rings. The molecule has 1 amide bonds. The Labute approximate surface area is 124 Å². The Bertz CT molecular complexity index is 342. The Morgan fingerprint density at radius 3 is 2.00 bits per heavy atom. The van der Waals surface area contributed by atoms with Crippen molar-refractivity contribution in [3.05, 3.63) is 0 Å². The van der Waals surface area contributed by atoms with Crippen LogP contribution in [-0.4, -0.2) is 28.1 Å². The summed E-state index contributed by atoms with van der Waals surface area (Å²) in [6.07, 6.45) is 0.206. The molecule has 0 aromatic rings. The van der Waals surface area contributed by atoms with Gasteiger partial charge in [-0.25, -0.2) is 0 Å². The van der Waals surface area contributed by atoms with Crippen molar-refractivity contribution in [2.75, 3.05) is 0 Å². The summed E-state index contributed by atoms with van der Waals surface area (Å²) < 4.78 is 7.92. The Morgan fingerprint density at radius 2 is 1.65 bits per heavy atom. The van der Waals surface area contributed by atoms with E-state index in [0.717, 1.165) is 0 Å². The van der Waals surface area contributed by atoms with E-state index in [1.165, 1.54) is 5.71 Å². The summed E-state index contributed by atoms with van der Waals surface area (Å²) in [6, 6.07) is 0. The molecule has 118 valence electrons. The molecule has 0 aromatic heterocycles. The third-order valence-electron chi connectivity index (χ3n) is 2.84. The number of ether oxygens (including phenoxy) is 1. The molecule has 1 N–H and O–H groups in total. The molecule has 0 bridgehead atoms. The number of carbonyl (C=O) groups is 1. The lowest BCUT2D eigenvalue weighted by Crippen LogP contribution is -2.42. The van der Waals surface area contributed by atoms with Gasteiger partial charge in [-0.05, 0) is 20.8 Å². The van der Waals surface area contributed by atoms with Gasteiger partial charge < -0.3 is 4.74 Å². The highest BCUT2D eigenvalue weighted by Gasteiger charge is 2.41. The van der Waals surface area contributed by atoms with Gasteiger partial charge in [0.05, 0.1) is 5.60 Å².